The fourth-order valence-electron chi connectivity index (χ4n) is 2.50. The lowest BCUT2D eigenvalue weighted by atomic mass is 10.1. The fraction of sp³-hybridized carbons (Fsp3) is 0.350. The molecule has 2 aromatic rings. The van der Waals surface area contributed by atoms with Gasteiger partial charge in [0.1, 0.15) is 11.6 Å². The number of carboxylic acids is 1. The number of hydrogen-bond donors (Lipinski definition) is 4. The summed E-state index contributed by atoms with van der Waals surface area (Å²) in [6, 6.07) is 10.2. The van der Waals surface area contributed by atoms with Crippen molar-refractivity contribution in [3.05, 3.63) is 42.6 Å². The Bertz CT molecular complexity index is 763. The molecule has 0 aliphatic rings. The Hall–Kier alpha value is -2.97. The molecular formula is C20H26N4O4. The number of pyridine rings is 1. The molecule has 1 atom stereocenters. The van der Waals surface area contributed by atoms with Gasteiger partial charge in [0.25, 0.3) is 0 Å². The number of amides is 1. The molecule has 0 saturated carbocycles. The molecule has 1 heterocycles. The van der Waals surface area contributed by atoms with Crippen molar-refractivity contribution in [3.63, 3.8) is 0 Å². The van der Waals surface area contributed by atoms with Gasteiger partial charge < -0.3 is 26.6 Å². The van der Waals surface area contributed by atoms with Gasteiger partial charge in [-0.1, -0.05) is 18.6 Å². The van der Waals surface area contributed by atoms with Gasteiger partial charge in [-0.2, -0.15) is 0 Å². The second kappa shape index (κ2) is 11.0. The van der Waals surface area contributed by atoms with E-state index in [1.807, 2.05) is 18.2 Å². The van der Waals surface area contributed by atoms with Crippen LogP contribution in [0.15, 0.2) is 42.6 Å². The normalized spacial score (nSPS) is 11.6. The van der Waals surface area contributed by atoms with Gasteiger partial charge in [-0.05, 0) is 49.2 Å². The number of carbonyl (C=O) groups excluding carboxylic acids is 1. The Kier molecular flexibility index (Phi) is 8.38. The van der Waals surface area contributed by atoms with E-state index in [-0.39, 0.29) is 18.9 Å². The van der Waals surface area contributed by atoms with E-state index in [0.29, 0.717) is 24.5 Å². The lowest BCUT2D eigenvalue weighted by Crippen LogP contribution is -2.35. The maximum Gasteiger partial charge on any atom is 0.306 e. The van der Waals surface area contributed by atoms with Crippen LogP contribution in [-0.4, -0.2) is 41.2 Å². The van der Waals surface area contributed by atoms with Gasteiger partial charge in [0.2, 0.25) is 5.91 Å². The SMILES string of the molecule is NCCCC[C@H](N)C(=O)Nc1ccc(-c2ccc(OCCC(=O)O)cc2)cn1. The number of aliphatic carboxylic acids is 1. The van der Waals surface area contributed by atoms with Crippen LogP contribution < -0.4 is 21.5 Å². The zero-order valence-corrected chi connectivity index (χ0v) is 15.6. The van der Waals surface area contributed by atoms with Crippen molar-refractivity contribution in [2.24, 2.45) is 11.5 Å². The van der Waals surface area contributed by atoms with Crippen LogP contribution >= 0.6 is 0 Å². The lowest BCUT2D eigenvalue weighted by Gasteiger charge is -2.12. The molecule has 0 aliphatic carbocycles. The Morgan fingerprint density at radius 3 is 2.43 bits per heavy atom. The Labute approximate surface area is 163 Å². The van der Waals surface area contributed by atoms with Crippen molar-refractivity contribution < 1.29 is 19.4 Å². The third-order valence-corrected chi connectivity index (χ3v) is 4.09. The number of carbonyl (C=O) groups is 2. The summed E-state index contributed by atoms with van der Waals surface area (Å²) in [5, 5.41) is 11.3. The van der Waals surface area contributed by atoms with Crippen LogP contribution in [0.1, 0.15) is 25.7 Å². The van der Waals surface area contributed by atoms with Gasteiger partial charge in [-0.3, -0.25) is 9.59 Å². The summed E-state index contributed by atoms with van der Waals surface area (Å²) in [7, 11) is 0. The predicted molar refractivity (Wildman–Crippen MR) is 107 cm³/mol. The number of rotatable bonds is 11. The molecule has 8 heteroatoms. The highest BCUT2D eigenvalue weighted by Crippen LogP contribution is 2.23. The molecule has 1 aromatic carbocycles. The zero-order chi connectivity index (χ0) is 20.4. The number of anilines is 1. The van der Waals surface area contributed by atoms with Gasteiger partial charge in [-0.15, -0.1) is 0 Å². The van der Waals surface area contributed by atoms with Crippen LogP contribution in [0.3, 0.4) is 0 Å². The summed E-state index contributed by atoms with van der Waals surface area (Å²) in [6.45, 7) is 0.714. The molecule has 6 N–H and O–H groups in total. The molecule has 0 bridgehead atoms. The molecule has 1 amide bonds. The number of nitrogens with one attached hydrogen (secondary N) is 1. The average Bonchev–Trinajstić information content (AvgIpc) is 2.69. The second-order valence-corrected chi connectivity index (χ2v) is 6.33. The number of unbranched alkanes of at least 4 members (excludes halogenated alkanes) is 1. The number of benzene rings is 1. The minimum atomic E-state index is -0.897. The summed E-state index contributed by atoms with van der Waals surface area (Å²) in [4.78, 5) is 26.8. The van der Waals surface area contributed by atoms with Gasteiger partial charge in [0.05, 0.1) is 19.1 Å². The molecule has 1 aromatic heterocycles. The summed E-state index contributed by atoms with van der Waals surface area (Å²) < 4.78 is 5.37. The minimum Gasteiger partial charge on any atom is -0.493 e. The van der Waals surface area contributed by atoms with Crippen LogP contribution in [0.5, 0.6) is 5.75 Å². The largest absolute Gasteiger partial charge is 0.493 e. The van der Waals surface area contributed by atoms with Gasteiger partial charge in [0.15, 0.2) is 0 Å². The molecule has 150 valence electrons. The van der Waals surface area contributed by atoms with Crippen molar-refractivity contribution in [2.75, 3.05) is 18.5 Å². The van der Waals surface area contributed by atoms with Crippen LogP contribution in [0, 0.1) is 0 Å². The fourth-order valence-corrected chi connectivity index (χ4v) is 2.50. The van der Waals surface area contributed by atoms with E-state index >= 15 is 0 Å². The molecule has 0 saturated heterocycles. The quantitative estimate of drug-likeness (QED) is 0.433. The number of nitrogens with zero attached hydrogens (tertiary/aromatic N) is 1. The molecule has 8 nitrogen and oxygen atoms in total. The van der Waals surface area contributed by atoms with Crippen molar-refractivity contribution in [1.82, 2.24) is 4.98 Å². The highest BCUT2D eigenvalue weighted by Gasteiger charge is 2.13. The van der Waals surface area contributed by atoms with Gasteiger partial charge >= 0.3 is 5.97 Å². The maximum absolute atomic E-state index is 12.1. The number of carboxylic acid groups (broad SMARTS) is 1. The second-order valence-electron chi connectivity index (χ2n) is 6.33. The van der Waals surface area contributed by atoms with Gasteiger partial charge in [0, 0.05) is 11.8 Å². The van der Waals surface area contributed by atoms with E-state index in [4.69, 9.17) is 21.3 Å². The Balaban J connectivity index is 1.89. The zero-order valence-electron chi connectivity index (χ0n) is 15.6. The first-order valence-corrected chi connectivity index (χ1v) is 9.17. The van der Waals surface area contributed by atoms with E-state index in [0.717, 1.165) is 24.0 Å². The maximum atomic E-state index is 12.1. The molecule has 0 fully saturated rings. The monoisotopic (exact) mass is 386 g/mol. The Morgan fingerprint density at radius 2 is 1.82 bits per heavy atom. The van der Waals surface area contributed by atoms with Crippen LogP contribution in [-0.2, 0) is 9.59 Å². The number of hydrogen-bond acceptors (Lipinski definition) is 6. The molecule has 0 spiro atoms. The summed E-state index contributed by atoms with van der Waals surface area (Å²) in [5.41, 5.74) is 13.1. The van der Waals surface area contributed by atoms with E-state index in [1.54, 1.807) is 24.4 Å². The van der Waals surface area contributed by atoms with E-state index < -0.39 is 12.0 Å². The molecular weight excluding hydrogens is 360 g/mol. The smallest absolute Gasteiger partial charge is 0.306 e. The molecule has 2 rings (SSSR count). The molecule has 0 radical (unpaired) electrons. The third-order valence-electron chi connectivity index (χ3n) is 4.09. The summed E-state index contributed by atoms with van der Waals surface area (Å²) in [5.74, 6) is -0.117. The summed E-state index contributed by atoms with van der Waals surface area (Å²) in [6.07, 6.45) is 3.86. The van der Waals surface area contributed by atoms with Gasteiger partial charge in [-0.25, -0.2) is 4.98 Å². The number of nitrogens with two attached hydrogens (primary N) is 2. The first-order valence-electron chi connectivity index (χ1n) is 9.17. The number of ether oxygens (including phenoxy) is 1. The first kappa shape index (κ1) is 21.3. The molecule has 28 heavy (non-hydrogen) atoms. The van der Waals surface area contributed by atoms with Crippen molar-refractivity contribution >= 4 is 17.7 Å². The average molecular weight is 386 g/mol. The highest BCUT2D eigenvalue weighted by atomic mass is 16.5. The standard InChI is InChI=1S/C20H26N4O4/c21-11-2-1-3-17(22)20(27)24-18-9-6-15(13-23-18)14-4-7-16(8-5-14)28-12-10-19(25)26/h4-9,13,17H,1-3,10-12,21-22H2,(H,25,26)(H,23,24,27)/t17-/m0/s1. The van der Waals surface area contributed by atoms with Crippen LogP contribution in [0.4, 0.5) is 5.82 Å². The van der Waals surface area contributed by atoms with E-state index in [9.17, 15) is 9.59 Å². The lowest BCUT2D eigenvalue weighted by molar-refractivity contribution is -0.137. The third kappa shape index (κ3) is 6.98. The summed E-state index contributed by atoms with van der Waals surface area (Å²) >= 11 is 0. The molecule has 0 unspecified atom stereocenters. The minimum absolute atomic E-state index is 0.0461. The van der Waals surface area contributed by atoms with Crippen molar-refractivity contribution in [2.45, 2.75) is 31.7 Å². The van der Waals surface area contributed by atoms with Crippen LogP contribution in [0.2, 0.25) is 0 Å². The van der Waals surface area contributed by atoms with Crippen molar-refractivity contribution in [3.8, 4) is 16.9 Å². The van der Waals surface area contributed by atoms with E-state index in [1.165, 1.54) is 0 Å². The predicted octanol–water partition coefficient (Wildman–Crippen LogP) is 2.00. The topological polar surface area (TPSA) is 141 Å². The van der Waals surface area contributed by atoms with Crippen molar-refractivity contribution in [1.29, 1.82) is 0 Å². The highest BCUT2D eigenvalue weighted by molar-refractivity contribution is 5.93. The Morgan fingerprint density at radius 1 is 1.11 bits per heavy atom. The molecule has 0 aliphatic heterocycles. The van der Waals surface area contributed by atoms with E-state index in [2.05, 4.69) is 10.3 Å². The first-order chi connectivity index (χ1) is 13.5. The number of aromatic nitrogens is 1. The van der Waals surface area contributed by atoms with Crippen LogP contribution in [0.25, 0.3) is 11.1 Å².